The van der Waals surface area contributed by atoms with E-state index in [1.54, 1.807) is 6.08 Å². The van der Waals surface area contributed by atoms with Crippen molar-refractivity contribution in [1.82, 2.24) is 9.80 Å². The van der Waals surface area contributed by atoms with E-state index in [4.69, 9.17) is 10.5 Å². The first kappa shape index (κ1) is 29.5. The average Bonchev–Trinajstić information content (AvgIpc) is 3.40. The van der Waals surface area contributed by atoms with Crippen molar-refractivity contribution >= 4 is 11.8 Å². The Hall–Kier alpha value is -2.95. The second kappa shape index (κ2) is 11.4. The molecule has 6 nitrogen and oxygen atoms in total. The van der Waals surface area contributed by atoms with Crippen molar-refractivity contribution < 1.29 is 36.3 Å². The molecule has 2 amide bonds. The van der Waals surface area contributed by atoms with Crippen molar-refractivity contribution in [2.45, 2.75) is 68.8 Å². The van der Waals surface area contributed by atoms with Gasteiger partial charge in [0.25, 0.3) is 5.91 Å². The molecule has 41 heavy (non-hydrogen) atoms. The lowest BCUT2D eigenvalue weighted by Gasteiger charge is -2.47. The summed E-state index contributed by atoms with van der Waals surface area (Å²) in [5, 5.41) is 0. The topological polar surface area (TPSA) is 75.9 Å². The van der Waals surface area contributed by atoms with Crippen LogP contribution < -0.4 is 10.5 Å². The summed E-state index contributed by atoms with van der Waals surface area (Å²) in [6.07, 6.45) is 4.51. The highest BCUT2D eigenvalue weighted by molar-refractivity contribution is 5.94. The van der Waals surface area contributed by atoms with Gasteiger partial charge < -0.3 is 20.3 Å². The molecule has 2 aliphatic heterocycles. The largest absolute Gasteiger partial charge is 0.493 e. The summed E-state index contributed by atoms with van der Waals surface area (Å²) in [6.45, 7) is 1.64. The van der Waals surface area contributed by atoms with Crippen LogP contribution in [-0.4, -0.2) is 72.3 Å². The van der Waals surface area contributed by atoms with Crippen molar-refractivity contribution in [2.24, 2.45) is 17.1 Å². The van der Waals surface area contributed by atoms with Crippen molar-refractivity contribution in [3.05, 3.63) is 53.9 Å². The predicted molar refractivity (Wildman–Crippen MR) is 142 cm³/mol. The highest BCUT2D eigenvalue weighted by Crippen LogP contribution is 2.53. The van der Waals surface area contributed by atoms with Gasteiger partial charge in [0, 0.05) is 19.2 Å². The number of primary amides is 1. The van der Waals surface area contributed by atoms with E-state index in [1.165, 1.54) is 24.3 Å². The van der Waals surface area contributed by atoms with Crippen LogP contribution in [0.5, 0.6) is 5.75 Å². The van der Waals surface area contributed by atoms with Gasteiger partial charge >= 0.3 is 6.18 Å². The Balaban J connectivity index is 1.19. The Bertz CT molecular complexity index is 1210. The lowest BCUT2D eigenvalue weighted by Crippen LogP contribution is -2.53. The summed E-state index contributed by atoms with van der Waals surface area (Å²) >= 11 is 0. The lowest BCUT2D eigenvalue weighted by atomic mass is 9.67. The Kier molecular flexibility index (Phi) is 8.20. The highest BCUT2D eigenvalue weighted by atomic mass is 19.4. The fourth-order valence-electron chi connectivity index (χ4n) is 6.61. The Morgan fingerprint density at radius 2 is 1.78 bits per heavy atom. The molecule has 5 rings (SSSR count). The van der Waals surface area contributed by atoms with Crippen LogP contribution in [0, 0.1) is 17.2 Å². The van der Waals surface area contributed by atoms with Crippen LogP contribution in [0.4, 0.5) is 22.0 Å². The second-order valence-corrected chi connectivity index (χ2v) is 11.9. The van der Waals surface area contributed by atoms with Gasteiger partial charge in [-0.25, -0.2) is 8.78 Å². The van der Waals surface area contributed by atoms with E-state index >= 15 is 8.78 Å². The second-order valence-electron chi connectivity index (χ2n) is 11.9. The monoisotopic (exact) mass is 581 g/mol. The summed E-state index contributed by atoms with van der Waals surface area (Å²) < 4.78 is 78.1. The fraction of sp³-hybridized carbons (Fsp3) is 0.600. The molecule has 0 radical (unpaired) electrons. The number of hydrogen-bond donors (Lipinski definition) is 1. The highest BCUT2D eigenvalue weighted by Gasteiger charge is 2.58. The van der Waals surface area contributed by atoms with Gasteiger partial charge in [0.1, 0.15) is 17.6 Å². The summed E-state index contributed by atoms with van der Waals surface area (Å²) in [6, 6.07) is 3.18. The number of hydrogen-bond acceptors (Lipinski definition) is 4. The number of rotatable bonds is 8. The lowest BCUT2D eigenvalue weighted by molar-refractivity contribution is -0.256. The van der Waals surface area contributed by atoms with Gasteiger partial charge in [-0.2, -0.15) is 13.2 Å². The van der Waals surface area contributed by atoms with Gasteiger partial charge in [0.05, 0.1) is 17.9 Å². The first-order chi connectivity index (χ1) is 19.4. The van der Waals surface area contributed by atoms with Gasteiger partial charge in [-0.15, -0.1) is 0 Å². The normalized spacial score (nSPS) is 28.5. The standard InChI is InChI=1S/C30H36F5N3O3/c31-24-17-21(41-18-20-9-15-37(16-10-20)19-28(11-4-12-28)30(33,34)35)7-8-22(24)23-5-1-2-13-29(23,32)27(40)38-14-3-6-25(38)26(36)39/h1-2,5,7-8,13,17,20,23,25H,3-4,6,9-12,14-16,18-19H2,(H2,36,39)/t23?,25-,29?/m0/s1. The summed E-state index contributed by atoms with van der Waals surface area (Å²) in [4.78, 5) is 28.1. The molecule has 1 aromatic carbocycles. The van der Waals surface area contributed by atoms with E-state index in [1.807, 2.05) is 4.90 Å². The molecule has 4 aliphatic rings. The smallest absolute Gasteiger partial charge is 0.395 e. The SMILES string of the molecule is NC(=O)[C@@H]1CCCN1C(=O)C1(F)C=CC=CC1c1ccc(OCC2CCN(CC3(C(F)(F)F)CCC3)CC2)cc1F. The van der Waals surface area contributed by atoms with E-state index in [0.717, 1.165) is 17.0 Å². The fourth-order valence-corrected chi connectivity index (χ4v) is 6.61. The molecule has 2 N–H and O–H groups in total. The molecule has 2 unspecified atom stereocenters. The van der Waals surface area contributed by atoms with Crippen LogP contribution in [0.15, 0.2) is 42.5 Å². The van der Waals surface area contributed by atoms with Gasteiger partial charge in [0.15, 0.2) is 0 Å². The van der Waals surface area contributed by atoms with Crippen LogP contribution in [0.25, 0.3) is 0 Å². The van der Waals surface area contributed by atoms with E-state index < -0.39 is 46.9 Å². The number of halogens is 5. The minimum atomic E-state index is -4.18. The molecule has 1 aromatic rings. The first-order valence-electron chi connectivity index (χ1n) is 14.3. The maximum absolute atomic E-state index is 16.4. The van der Waals surface area contributed by atoms with Crippen molar-refractivity contribution in [2.75, 3.05) is 32.8 Å². The van der Waals surface area contributed by atoms with Crippen LogP contribution in [-0.2, 0) is 9.59 Å². The number of benzene rings is 1. The molecule has 2 heterocycles. The zero-order valence-corrected chi connectivity index (χ0v) is 22.8. The molecular formula is C30H36F5N3O3. The van der Waals surface area contributed by atoms with Gasteiger partial charge in [-0.3, -0.25) is 9.59 Å². The number of amides is 2. The van der Waals surface area contributed by atoms with Crippen LogP contribution in [0.3, 0.4) is 0 Å². The molecule has 224 valence electrons. The molecule has 3 fully saturated rings. The Morgan fingerprint density at radius 1 is 1.05 bits per heavy atom. The maximum Gasteiger partial charge on any atom is 0.395 e. The Morgan fingerprint density at radius 3 is 2.39 bits per heavy atom. The van der Waals surface area contributed by atoms with E-state index in [2.05, 4.69) is 0 Å². The molecular weight excluding hydrogens is 545 g/mol. The summed E-state index contributed by atoms with van der Waals surface area (Å²) in [5.74, 6) is -3.23. The van der Waals surface area contributed by atoms with Crippen LogP contribution in [0.1, 0.15) is 56.4 Å². The van der Waals surface area contributed by atoms with Crippen LogP contribution >= 0.6 is 0 Å². The molecule has 2 saturated heterocycles. The zero-order chi connectivity index (χ0) is 29.4. The van der Waals surface area contributed by atoms with Gasteiger partial charge in [0.2, 0.25) is 11.6 Å². The van der Waals surface area contributed by atoms with Crippen LogP contribution in [0.2, 0.25) is 0 Å². The van der Waals surface area contributed by atoms with Gasteiger partial charge in [-0.1, -0.05) is 30.7 Å². The molecule has 0 aromatic heterocycles. The molecule has 2 aliphatic carbocycles. The molecule has 0 spiro atoms. The Labute approximate surface area is 236 Å². The van der Waals surface area contributed by atoms with Crippen molar-refractivity contribution in [1.29, 1.82) is 0 Å². The third kappa shape index (κ3) is 5.74. The summed E-state index contributed by atoms with van der Waals surface area (Å²) in [7, 11) is 0. The number of allylic oxidation sites excluding steroid dienone is 3. The molecule has 0 bridgehead atoms. The number of nitrogens with zero attached hydrogens (tertiary/aromatic N) is 2. The quantitative estimate of drug-likeness (QED) is 0.437. The number of ether oxygens (including phenoxy) is 1. The number of piperidine rings is 1. The predicted octanol–water partition coefficient (Wildman–Crippen LogP) is 5.04. The molecule has 3 atom stereocenters. The number of alkyl halides is 4. The van der Waals surface area contributed by atoms with E-state index in [9.17, 15) is 22.8 Å². The third-order valence-electron chi connectivity index (χ3n) is 9.31. The van der Waals surface area contributed by atoms with Crippen molar-refractivity contribution in [3.63, 3.8) is 0 Å². The zero-order valence-electron chi connectivity index (χ0n) is 22.8. The molecule has 11 heteroatoms. The number of carbonyl (C=O) groups is 2. The van der Waals surface area contributed by atoms with Gasteiger partial charge in [-0.05, 0) is 75.2 Å². The first-order valence-corrected chi connectivity index (χ1v) is 14.3. The third-order valence-corrected chi connectivity index (χ3v) is 9.31. The average molecular weight is 582 g/mol. The van der Waals surface area contributed by atoms with E-state index in [-0.39, 0.29) is 49.8 Å². The maximum atomic E-state index is 16.4. The minimum Gasteiger partial charge on any atom is -0.493 e. The summed E-state index contributed by atoms with van der Waals surface area (Å²) in [5.41, 5.74) is 1.24. The minimum absolute atomic E-state index is 0.0217. The number of nitrogens with two attached hydrogens (primary N) is 1. The van der Waals surface area contributed by atoms with E-state index in [0.29, 0.717) is 45.2 Å². The van der Waals surface area contributed by atoms with Crippen molar-refractivity contribution in [3.8, 4) is 5.75 Å². The number of likely N-dealkylation sites (tertiary alicyclic amines) is 2. The number of carbonyl (C=O) groups excluding carboxylic acids is 2. The molecule has 1 saturated carbocycles.